The molecule has 0 saturated heterocycles. The smallest absolute Gasteiger partial charge is 0.411 e. The fourth-order valence-corrected chi connectivity index (χ4v) is 6.98. The highest BCUT2D eigenvalue weighted by molar-refractivity contribution is 6.99. The van der Waals surface area contributed by atoms with Crippen LogP contribution in [0.2, 0.25) is 0 Å². The van der Waals surface area contributed by atoms with Crippen molar-refractivity contribution in [1.29, 1.82) is 0 Å². The minimum Gasteiger partial charge on any atom is -0.475 e. The summed E-state index contributed by atoms with van der Waals surface area (Å²) in [6, 6.07) is 0. The molecule has 2 rings (SSSR count). The molecule has 1 N–H and O–H groups in total. The van der Waals surface area contributed by atoms with Gasteiger partial charge in [-0.25, -0.2) is 4.79 Å². The lowest BCUT2D eigenvalue weighted by Gasteiger charge is -2.36. The molecule has 0 spiro atoms. The van der Waals surface area contributed by atoms with Gasteiger partial charge in [-0.3, -0.25) is 9.28 Å². The Balaban J connectivity index is 1.37. The number of ether oxygens (including phenoxy) is 3. The van der Waals surface area contributed by atoms with Gasteiger partial charge in [0.1, 0.15) is 17.8 Å². The number of quaternary nitrogens is 1. The molecule has 0 bridgehead atoms. The van der Waals surface area contributed by atoms with E-state index in [1.54, 1.807) is 0 Å². The molecular formula is C40H73N4O5S+. The molecule has 2 heterocycles. The Morgan fingerprint density at radius 2 is 1.36 bits per heavy atom. The maximum Gasteiger partial charge on any atom is 0.411 e. The van der Waals surface area contributed by atoms with E-state index in [9.17, 15) is 9.59 Å². The fourth-order valence-electron chi connectivity index (χ4n) is 6.45. The van der Waals surface area contributed by atoms with Crippen LogP contribution in [0.15, 0.2) is 6.08 Å². The first-order valence-corrected chi connectivity index (χ1v) is 21.0. The molecule has 10 heteroatoms. The number of amides is 1. The van der Waals surface area contributed by atoms with Crippen LogP contribution in [0.4, 0.5) is 4.79 Å². The Morgan fingerprint density at radius 3 is 1.94 bits per heavy atom. The van der Waals surface area contributed by atoms with Crippen molar-refractivity contribution in [3.63, 3.8) is 0 Å². The van der Waals surface area contributed by atoms with Crippen molar-refractivity contribution in [2.45, 2.75) is 181 Å². The van der Waals surface area contributed by atoms with E-state index < -0.39 is 0 Å². The zero-order valence-corrected chi connectivity index (χ0v) is 33.5. The minimum atomic E-state index is -0.369. The monoisotopic (exact) mass is 722 g/mol. The number of rotatable bonds is 29. The molecule has 1 aliphatic rings. The number of nitrogens with one attached hydrogen (secondary N) is 1. The van der Waals surface area contributed by atoms with E-state index in [-0.39, 0.29) is 17.7 Å². The second-order valence-electron chi connectivity index (χ2n) is 15.7. The van der Waals surface area contributed by atoms with Gasteiger partial charge in [-0.15, -0.1) is 4.37 Å². The quantitative estimate of drug-likeness (QED) is 0.0499. The Morgan fingerprint density at radius 1 is 0.800 bits per heavy atom. The third-order valence-corrected chi connectivity index (χ3v) is 9.88. The summed E-state index contributed by atoms with van der Waals surface area (Å²) in [5, 5.41) is 2.95. The zero-order valence-electron chi connectivity index (χ0n) is 32.7. The van der Waals surface area contributed by atoms with Crippen molar-refractivity contribution in [1.82, 2.24) is 14.1 Å². The van der Waals surface area contributed by atoms with Crippen LogP contribution in [0.25, 0.3) is 5.57 Å². The van der Waals surface area contributed by atoms with Crippen LogP contribution in [0.3, 0.4) is 0 Å². The molecular weight excluding hydrogens is 649 g/mol. The van der Waals surface area contributed by atoms with Gasteiger partial charge in [0.15, 0.2) is 0 Å². The Hall–Kier alpha value is -2.20. The summed E-state index contributed by atoms with van der Waals surface area (Å²) < 4.78 is 26.6. The largest absolute Gasteiger partial charge is 0.475 e. The van der Waals surface area contributed by atoms with E-state index >= 15 is 0 Å². The number of hydrogen-bond donors (Lipinski definition) is 1. The van der Waals surface area contributed by atoms with Gasteiger partial charge in [0.25, 0.3) is 5.88 Å². The Labute approximate surface area is 309 Å². The van der Waals surface area contributed by atoms with Crippen LogP contribution in [0, 0.1) is 0 Å². The maximum absolute atomic E-state index is 12.4. The number of esters is 1. The molecule has 288 valence electrons. The highest BCUT2D eigenvalue weighted by Gasteiger charge is 2.31. The van der Waals surface area contributed by atoms with Crippen LogP contribution in [0.1, 0.15) is 181 Å². The van der Waals surface area contributed by atoms with Gasteiger partial charge < -0.3 is 19.5 Å². The van der Waals surface area contributed by atoms with E-state index in [1.165, 1.54) is 114 Å². The molecule has 1 atom stereocenters. The molecule has 0 saturated carbocycles. The summed E-state index contributed by atoms with van der Waals surface area (Å²) in [6.07, 6.45) is 29.4. The lowest BCUT2D eigenvalue weighted by Crippen LogP contribution is -2.50. The predicted octanol–water partition coefficient (Wildman–Crippen LogP) is 10.8. The average Bonchev–Trinajstić information content (AvgIpc) is 3.54. The molecule has 1 aromatic heterocycles. The van der Waals surface area contributed by atoms with Crippen LogP contribution in [-0.4, -0.2) is 70.9 Å². The summed E-state index contributed by atoms with van der Waals surface area (Å²) >= 11 is 1.20. The van der Waals surface area contributed by atoms with Gasteiger partial charge in [0.05, 0.1) is 31.9 Å². The van der Waals surface area contributed by atoms with Crippen molar-refractivity contribution < 1.29 is 28.3 Å². The van der Waals surface area contributed by atoms with Gasteiger partial charge in [0.2, 0.25) is 6.73 Å². The standard InChI is InChI=1S/C40H72N4O5S/c1-6-7-8-26-32-47-38-37(42-50-43-38)35-28-27-31-44(5,33-35)34-48-39(46)41-30-25-23-21-19-17-15-13-11-9-10-12-14-16-18-20-22-24-29-36(45)49-40(2,3)4/h28H,6-27,29-34H2,1-5H3/p+1. The number of carbonyl (C=O) groups excluding carboxylic acids is 2. The van der Waals surface area contributed by atoms with E-state index in [2.05, 4.69) is 34.1 Å². The summed E-state index contributed by atoms with van der Waals surface area (Å²) in [5.41, 5.74) is 1.61. The molecule has 1 unspecified atom stereocenters. The van der Waals surface area contributed by atoms with Crippen LogP contribution >= 0.6 is 11.7 Å². The number of aromatic nitrogens is 2. The second-order valence-corrected chi connectivity index (χ2v) is 16.2. The molecule has 0 aromatic carbocycles. The van der Waals surface area contributed by atoms with Gasteiger partial charge in [-0.05, 0) is 40.0 Å². The number of alkyl carbamates (subject to hydrolysis) is 1. The van der Waals surface area contributed by atoms with E-state index in [4.69, 9.17) is 14.2 Å². The van der Waals surface area contributed by atoms with Crippen LogP contribution < -0.4 is 10.1 Å². The SMILES string of the molecule is CCCCCCOc1nsnc1C1=CCC[N+](C)(COC(=O)NCCCCCCCCCCCCCCCCCCCC(=O)OC(C)(C)C)C1. The van der Waals surface area contributed by atoms with Crippen molar-refractivity contribution in [3.05, 3.63) is 11.8 Å². The highest BCUT2D eigenvalue weighted by Crippen LogP contribution is 2.30. The predicted molar refractivity (Wildman–Crippen MR) is 206 cm³/mol. The molecule has 0 fully saturated rings. The van der Waals surface area contributed by atoms with Crippen molar-refractivity contribution in [3.8, 4) is 5.88 Å². The van der Waals surface area contributed by atoms with Crippen LogP contribution in [-0.2, 0) is 14.3 Å². The first-order chi connectivity index (χ1) is 24.1. The number of nitrogens with zero attached hydrogens (tertiary/aromatic N) is 3. The highest BCUT2D eigenvalue weighted by atomic mass is 32.1. The average molecular weight is 722 g/mol. The second kappa shape index (κ2) is 26.6. The summed E-state index contributed by atoms with van der Waals surface area (Å²) in [5.74, 6) is 0.578. The first kappa shape index (κ1) is 44.0. The van der Waals surface area contributed by atoms with Crippen LogP contribution in [0.5, 0.6) is 5.88 Å². The van der Waals surface area contributed by atoms with Crippen molar-refractivity contribution in [2.24, 2.45) is 0 Å². The van der Waals surface area contributed by atoms with E-state index in [1.807, 2.05) is 20.8 Å². The van der Waals surface area contributed by atoms with Crippen molar-refractivity contribution >= 4 is 29.4 Å². The first-order valence-electron chi connectivity index (χ1n) is 20.2. The van der Waals surface area contributed by atoms with Gasteiger partial charge in [0, 0.05) is 25.0 Å². The van der Waals surface area contributed by atoms with E-state index in [0.29, 0.717) is 36.7 Å². The molecule has 0 aliphatic carbocycles. The summed E-state index contributed by atoms with van der Waals surface area (Å²) in [6.45, 7) is 11.3. The maximum atomic E-state index is 12.4. The molecule has 50 heavy (non-hydrogen) atoms. The third kappa shape index (κ3) is 21.9. The third-order valence-electron chi connectivity index (χ3n) is 9.37. The lowest BCUT2D eigenvalue weighted by atomic mass is 10.0. The zero-order chi connectivity index (χ0) is 36.3. The minimum absolute atomic E-state index is 0.0617. The van der Waals surface area contributed by atoms with Gasteiger partial charge >= 0.3 is 12.1 Å². The number of likely N-dealkylation sites (N-methyl/N-ethyl adjacent to an activating group) is 1. The Bertz CT molecular complexity index is 1070. The molecule has 1 aliphatic heterocycles. The van der Waals surface area contributed by atoms with Gasteiger partial charge in [-0.1, -0.05) is 129 Å². The lowest BCUT2D eigenvalue weighted by molar-refractivity contribution is -0.919. The van der Waals surface area contributed by atoms with E-state index in [0.717, 1.165) is 62.9 Å². The number of carbonyl (C=O) groups is 2. The topological polar surface area (TPSA) is 99.6 Å². The Kier molecular flexibility index (Phi) is 23.3. The molecule has 1 aromatic rings. The summed E-state index contributed by atoms with van der Waals surface area (Å²) in [4.78, 5) is 24.1. The number of hydrogen-bond acceptors (Lipinski definition) is 8. The number of unbranched alkanes of at least 4 members (excludes halogenated alkanes) is 19. The van der Waals surface area contributed by atoms with Crippen molar-refractivity contribution in [2.75, 3.05) is 40.0 Å². The molecule has 1 amide bonds. The molecule has 9 nitrogen and oxygen atoms in total. The fraction of sp³-hybridized carbons (Fsp3) is 0.850. The summed E-state index contributed by atoms with van der Waals surface area (Å²) in [7, 11) is 2.13. The van der Waals surface area contributed by atoms with Gasteiger partial charge in [-0.2, -0.15) is 4.37 Å². The molecule has 0 radical (unpaired) electrons. The normalized spacial score (nSPS) is 16.2.